The molecule has 14 heteroatoms. The molecule has 0 spiro atoms. The van der Waals surface area contributed by atoms with Crippen LogP contribution in [0.2, 0.25) is 0 Å². The summed E-state index contributed by atoms with van der Waals surface area (Å²) in [7, 11) is 0. The topological polar surface area (TPSA) is 231 Å². The second-order valence-electron chi connectivity index (χ2n) is 5.57. The van der Waals surface area contributed by atoms with Crippen molar-refractivity contribution in [3.8, 4) is 0 Å². The number of carbonyl (C=O) groups is 6. The molecule has 3 atom stereocenters. The van der Waals surface area contributed by atoms with Crippen LogP contribution in [0, 0.1) is 0 Å². The first-order valence-electron chi connectivity index (χ1n) is 7.95. The normalized spacial score (nSPS) is 13.5. The molecule has 0 heterocycles. The molecule has 28 heavy (non-hydrogen) atoms. The molecule has 9 N–H and O–H groups in total. The number of hydrogen-bond donors (Lipinski definition) is 8. The lowest BCUT2D eigenvalue weighted by molar-refractivity contribution is -0.142. The van der Waals surface area contributed by atoms with Gasteiger partial charge < -0.3 is 37.6 Å². The lowest BCUT2D eigenvalue weighted by Crippen LogP contribution is -2.57. The van der Waals surface area contributed by atoms with E-state index in [9.17, 15) is 28.8 Å². The van der Waals surface area contributed by atoms with Crippen LogP contribution in [0.15, 0.2) is 0 Å². The Morgan fingerprint density at radius 2 is 1.43 bits per heavy atom. The maximum atomic E-state index is 12.3. The zero-order valence-corrected chi connectivity index (χ0v) is 15.6. The molecule has 0 radical (unpaired) electrons. The van der Waals surface area contributed by atoms with E-state index in [1.807, 2.05) is 0 Å². The van der Waals surface area contributed by atoms with Gasteiger partial charge in [-0.05, 0) is 6.42 Å². The van der Waals surface area contributed by atoms with Crippen molar-refractivity contribution >= 4 is 48.2 Å². The number of rotatable bonds is 13. The SMILES string of the molecule is NCC(=O)NC(CC(N)=O)C(=O)NC(CCC(=O)O)C(=O)NC(CS)C(=O)O. The number of nitrogens with two attached hydrogens (primary N) is 2. The molecule has 0 aliphatic heterocycles. The zero-order valence-electron chi connectivity index (χ0n) is 14.7. The molecule has 158 valence electrons. The standard InChI is InChI=1S/C14H23N5O8S/c15-4-10(21)17-7(3-9(16)20)13(25)18-6(1-2-11(22)23)12(24)19-8(5-28)14(26)27/h6-8,28H,1-5,15H2,(H2,16,20)(H,17,21)(H,18,25)(H,19,24)(H,22,23)(H,26,27). The highest BCUT2D eigenvalue weighted by molar-refractivity contribution is 7.80. The van der Waals surface area contributed by atoms with Crippen LogP contribution in [0.3, 0.4) is 0 Å². The summed E-state index contributed by atoms with van der Waals surface area (Å²) in [5, 5.41) is 24.2. The predicted molar refractivity (Wildman–Crippen MR) is 97.0 cm³/mol. The molecule has 0 saturated carbocycles. The molecule has 0 aliphatic rings. The summed E-state index contributed by atoms with van der Waals surface area (Å²) in [6, 6.07) is -4.28. The average molecular weight is 421 g/mol. The van der Waals surface area contributed by atoms with Crippen molar-refractivity contribution in [1.29, 1.82) is 0 Å². The summed E-state index contributed by atoms with van der Waals surface area (Å²) in [5.41, 5.74) is 10.2. The van der Waals surface area contributed by atoms with E-state index in [0.717, 1.165) is 0 Å². The van der Waals surface area contributed by atoms with Gasteiger partial charge in [0.05, 0.1) is 13.0 Å². The summed E-state index contributed by atoms with van der Waals surface area (Å²) < 4.78 is 0. The van der Waals surface area contributed by atoms with Crippen LogP contribution in [0.1, 0.15) is 19.3 Å². The maximum Gasteiger partial charge on any atom is 0.327 e. The molecule has 3 unspecified atom stereocenters. The fraction of sp³-hybridized carbons (Fsp3) is 0.571. The molecule has 0 aromatic heterocycles. The van der Waals surface area contributed by atoms with Crippen molar-refractivity contribution in [3.63, 3.8) is 0 Å². The Morgan fingerprint density at radius 1 is 0.893 bits per heavy atom. The van der Waals surface area contributed by atoms with Crippen molar-refractivity contribution in [2.24, 2.45) is 11.5 Å². The molecule has 0 aromatic carbocycles. The molecule has 0 fully saturated rings. The average Bonchev–Trinajstić information content (AvgIpc) is 2.60. The first-order chi connectivity index (χ1) is 13.0. The number of carboxylic acid groups (broad SMARTS) is 2. The fourth-order valence-corrected chi connectivity index (χ4v) is 2.18. The van der Waals surface area contributed by atoms with Crippen molar-refractivity contribution < 1.29 is 39.0 Å². The molecule has 4 amide bonds. The molecule has 0 saturated heterocycles. The lowest BCUT2D eigenvalue weighted by Gasteiger charge is -2.23. The highest BCUT2D eigenvalue weighted by atomic mass is 32.1. The van der Waals surface area contributed by atoms with Gasteiger partial charge in [0, 0.05) is 12.2 Å². The number of aliphatic carboxylic acids is 2. The molecule has 0 aromatic rings. The number of carboxylic acids is 2. The van der Waals surface area contributed by atoms with Gasteiger partial charge in [-0.2, -0.15) is 12.6 Å². The third kappa shape index (κ3) is 9.72. The molecular weight excluding hydrogens is 398 g/mol. The van der Waals surface area contributed by atoms with Gasteiger partial charge in [0.25, 0.3) is 0 Å². The number of hydrogen-bond acceptors (Lipinski definition) is 8. The van der Waals surface area contributed by atoms with Crippen LogP contribution in [0.5, 0.6) is 0 Å². The van der Waals surface area contributed by atoms with Crippen molar-refractivity contribution in [2.75, 3.05) is 12.3 Å². The Balaban J connectivity index is 5.35. The Bertz CT molecular complexity index is 629. The zero-order chi connectivity index (χ0) is 21.9. The first-order valence-corrected chi connectivity index (χ1v) is 8.59. The van der Waals surface area contributed by atoms with Crippen LogP contribution >= 0.6 is 12.6 Å². The molecule has 0 bridgehead atoms. The third-order valence-corrected chi connectivity index (χ3v) is 3.68. The summed E-state index contributed by atoms with van der Waals surface area (Å²) in [6.07, 6.45) is -1.49. The monoisotopic (exact) mass is 421 g/mol. The van der Waals surface area contributed by atoms with Crippen LogP contribution in [-0.2, 0) is 28.8 Å². The van der Waals surface area contributed by atoms with E-state index < -0.39 is 73.1 Å². The van der Waals surface area contributed by atoms with Crippen LogP contribution in [0.25, 0.3) is 0 Å². The minimum atomic E-state index is -1.45. The Morgan fingerprint density at radius 3 is 1.86 bits per heavy atom. The van der Waals surface area contributed by atoms with E-state index in [1.165, 1.54) is 0 Å². The summed E-state index contributed by atoms with van der Waals surface area (Å²) in [5.74, 6) is -6.56. The van der Waals surface area contributed by atoms with Crippen LogP contribution < -0.4 is 27.4 Å². The van der Waals surface area contributed by atoms with E-state index in [0.29, 0.717) is 0 Å². The first kappa shape index (κ1) is 25.1. The van der Waals surface area contributed by atoms with Crippen molar-refractivity contribution in [2.45, 2.75) is 37.4 Å². The van der Waals surface area contributed by atoms with Gasteiger partial charge in [0.1, 0.15) is 18.1 Å². The number of carbonyl (C=O) groups excluding carboxylic acids is 4. The van der Waals surface area contributed by atoms with E-state index in [4.69, 9.17) is 21.7 Å². The number of thiol groups is 1. The minimum absolute atomic E-state index is 0.252. The number of nitrogens with one attached hydrogen (secondary N) is 3. The van der Waals surface area contributed by atoms with Crippen molar-refractivity contribution in [1.82, 2.24) is 16.0 Å². The van der Waals surface area contributed by atoms with Gasteiger partial charge in [-0.25, -0.2) is 4.79 Å². The minimum Gasteiger partial charge on any atom is -0.481 e. The highest BCUT2D eigenvalue weighted by Gasteiger charge is 2.30. The summed E-state index contributed by atoms with van der Waals surface area (Å²) in [6.45, 7) is -0.478. The Labute approximate surface area is 165 Å². The van der Waals surface area contributed by atoms with E-state index in [1.54, 1.807) is 0 Å². The van der Waals surface area contributed by atoms with Gasteiger partial charge in [0.15, 0.2) is 0 Å². The smallest absolute Gasteiger partial charge is 0.327 e. The molecule has 13 nitrogen and oxygen atoms in total. The van der Waals surface area contributed by atoms with Crippen LogP contribution in [-0.4, -0.2) is 76.2 Å². The predicted octanol–water partition coefficient (Wildman–Crippen LogP) is -3.85. The molecular formula is C14H23N5O8S. The second kappa shape index (κ2) is 12.5. The van der Waals surface area contributed by atoms with Gasteiger partial charge in [-0.3, -0.25) is 24.0 Å². The number of primary amides is 1. The van der Waals surface area contributed by atoms with Gasteiger partial charge in [-0.1, -0.05) is 0 Å². The largest absolute Gasteiger partial charge is 0.481 e. The lowest BCUT2D eigenvalue weighted by atomic mass is 10.1. The van der Waals surface area contributed by atoms with E-state index in [2.05, 4.69) is 28.6 Å². The summed E-state index contributed by atoms with van der Waals surface area (Å²) >= 11 is 3.78. The summed E-state index contributed by atoms with van der Waals surface area (Å²) in [4.78, 5) is 68.9. The van der Waals surface area contributed by atoms with Crippen LogP contribution in [0.4, 0.5) is 0 Å². The Hall–Kier alpha value is -2.87. The maximum absolute atomic E-state index is 12.3. The van der Waals surface area contributed by atoms with Gasteiger partial charge in [0.2, 0.25) is 23.6 Å². The highest BCUT2D eigenvalue weighted by Crippen LogP contribution is 2.02. The molecule has 0 aliphatic carbocycles. The van der Waals surface area contributed by atoms with E-state index in [-0.39, 0.29) is 12.2 Å². The quantitative estimate of drug-likeness (QED) is 0.136. The fourth-order valence-electron chi connectivity index (χ4n) is 1.93. The third-order valence-electron chi connectivity index (χ3n) is 3.32. The Kier molecular flexibility index (Phi) is 11.2. The van der Waals surface area contributed by atoms with E-state index >= 15 is 0 Å². The van der Waals surface area contributed by atoms with Gasteiger partial charge >= 0.3 is 11.9 Å². The van der Waals surface area contributed by atoms with Crippen molar-refractivity contribution in [3.05, 3.63) is 0 Å². The van der Waals surface area contributed by atoms with Gasteiger partial charge in [-0.15, -0.1) is 0 Å². The molecule has 0 rings (SSSR count). The second-order valence-corrected chi connectivity index (χ2v) is 5.94. The number of amides is 4.